The lowest BCUT2D eigenvalue weighted by molar-refractivity contribution is -0.813. The molecule has 0 aliphatic heterocycles. The Bertz CT molecular complexity index is 157. The zero-order valence-corrected chi connectivity index (χ0v) is 6.36. The minimum atomic E-state index is -0.520. The number of ether oxygens (including phenoxy) is 1. The van der Waals surface area contributed by atoms with Crippen molar-refractivity contribution >= 4 is 5.97 Å². The molecular weight excluding hydrogens is 152 g/mol. The van der Waals surface area contributed by atoms with Gasteiger partial charge in [-0.05, 0) is 0 Å². The molecule has 0 unspecified atom stereocenters. The van der Waals surface area contributed by atoms with Gasteiger partial charge in [0.05, 0.1) is 5.92 Å². The first-order chi connectivity index (χ1) is 5.04. The molecule has 1 N–H and O–H groups in total. The van der Waals surface area contributed by atoms with Crippen molar-refractivity contribution in [3.8, 4) is 0 Å². The van der Waals surface area contributed by atoms with Crippen LogP contribution in [0.5, 0.6) is 0 Å². The molecule has 0 heterocycles. The van der Waals surface area contributed by atoms with E-state index >= 15 is 0 Å². The fourth-order valence-corrected chi connectivity index (χ4v) is 0.299. The molecule has 0 saturated carbocycles. The van der Waals surface area contributed by atoms with Crippen molar-refractivity contribution < 1.29 is 19.4 Å². The number of nitrogens with one attached hydrogen (secondary N) is 1. The molecule has 0 rings (SSSR count). The van der Waals surface area contributed by atoms with Gasteiger partial charge in [0.1, 0.15) is 0 Å². The van der Waals surface area contributed by atoms with Crippen LogP contribution >= 0.6 is 0 Å². The summed E-state index contributed by atoms with van der Waals surface area (Å²) in [6.45, 7) is 2.79. The third-order valence-electron chi connectivity index (χ3n) is 0.843. The Kier molecular flexibility index (Phi) is 3.94. The number of hydrogen-bond donors (Lipinski definition) is 1. The highest BCUT2D eigenvalue weighted by molar-refractivity contribution is 5.71. The largest absolute Gasteiger partial charge is 0.448 e. The highest BCUT2D eigenvalue weighted by atomic mass is 16.9. The monoisotopic (exact) mass is 162 g/mol. The molecule has 0 amide bonds. The Hall–Kier alpha value is -1.33. The van der Waals surface area contributed by atoms with Gasteiger partial charge in [0.15, 0.2) is 5.02 Å². The van der Waals surface area contributed by atoms with Gasteiger partial charge < -0.3 is 9.57 Å². The zero-order valence-electron chi connectivity index (χ0n) is 6.36. The molecule has 0 aliphatic rings. The second kappa shape index (κ2) is 4.48. The Morgan fingerprint density at radius 3 is 2.64 bits per heavy atom. The van der Waals surface area contributed by atoms with E-state index in [1.807, 2.05) is 0 Å². The minimum Gasteiger partial charge on any atom is -0.448 e. The summed E-state index contributed by atoms with van der Waals surface area (Å²) in [4.78, 5) is 14.6. The van der Waals surface area contributed by atoms with Crippen molar-refractivity contribution in [1.29, 1.82) is 5.53 Å². The van der Waals surface area contributed by atoms with E-state index in [9.17, 15) is 10.0 Å². The summed E-state index contributed by atoms with van der Waals surface area (Å²) in [5.74, 6) is -0.726. The molecule has 0 spiro atoms. The molecule has 0 aliphatic carbocycles. The predicted octanol–water partition coefficient (Wildman–Crippen LogP) is 0.616. The Morgan fingerprint density at radius 2 is 2.27 bits per heavy atom. The fourth-order valence-electron chi connectivity index (χ4n) is 0.299. The molecule has 0 aromatic carbocycles. The van der Waals surface area contributed by atoms with Gasteiger partial charge in [-0.2, -0.15) is 0 Å². The van der Waals surface area contributed by atoms with E-state index in [1.165, 1.54) is 0 Å². The van der Waals surface area contributed by atoms with E-state index in [2.05, 4.69) is 9.57 Å². The van der Waals surface area contributed by atoms with Crippen molar-refractivity contribution in [2.75, 3.05) is 6.79 Å². The predicted molar refractivity (Wildman–Crippen MR) is 33.2 cm³/mol. The molecule has 11 heavy (non-hydrogen) atoms. The van der Waals surface area contributed by atoms with Crippen molar-refractivity contribution in [1.82, 2.24) is 0 Å². The van der Waals surface area contributed by atoms with Crippen LogP contribution in [0.4, 0.5) is 0 Å². The Balaban J connectivity index is 3.39. The van der Waals surface area contributed by atoms with E-state index < -0.39 is 17.8 Å². The average Bonchev–Trinajstić information content (AvgIpc) is 1.86. The summed E-state index contributed by atoms with van der Waals surface area (Å²) in [5.41, 5.74) is 6.19. The number of rotatable bonds is 4. The van der Waals surface area contributed by atoms with Crippen LogP contribution in [0.25, 0.3) is 0 Å². The first kappa shape index (κ1) is 9.67. The van der Waals surface area contributed by atoms with E-state index in [-0.39, 0.29) is 5.92 Å². The fraction of sp³-hybridized carbons (Fsp3) is 0.800. The smallest absolute Gasteiger partial charge is 0.309 e. The molecule has 6 nitrogen and oxygen atoms in total. The van der Waals surface area contributed by atoms with Gasteiger partial charge >= 0.3 is 5.97 Å². The van der Waals surface area contributed by atoms with Crippen LogP contribution in [0.2, 0.25) is 0 Å². The quantitative estimate of drug-likeness (QED) is 0.284. The first-order valence-corrected chi connectivity index (χ1v) is 3.02. The summed E-state index contributed by atoms with van der Waals surface area (Å²) < 4.78 is 4.39. The number of nitrogens with zero attached hydrogens (tertiary/aromatic N) is 1. The van der Waals surface area contributed by atoms with E-state index in [1.54, 1.807) is 13.8 Å². The molecule has 0 fully saturated rings. The zero-order chi connectivity index (χ0) is 8.85. The SMILES string of the molecule is CC(C)C(=O)OCO[N+](=N)[O-]. The van der Waals surface area contributed by atoms with Crippen molar-refractivity contribution in [3.63, 3.8) is 0 Å². The average molecular weight is 162 g/mol. The highest BCUT2D eigenvalue weighted by Gasteiger charge is 2.06. The molecule has 0 bridgehead atoms. The van der Waals surface area contributed by atoms with Gasteiger partial charge in [0, 0.05) is 5.53 Å². The normalized spacial score (nSPS) is 9.36. The summed E-state index contributed by atoms with van der Waals surface area (Å²) in [5, 5.41) is 9.24. The maximum atomic E-state index is 10.6. The molecule has 0 atom stereocenters. The Morgan fingerprint density at radius 1 is 1.73 bits per heavy atom. The molecule has 0 saturated heterocycles. The van der Waals surface area contributed by atoms with Gasteiger partial charge in [0.2, 0.25) is 6.79 Å². The van der Waals surface area contributed by atoms with Crippen molar-refractivity contribution in [2.45, 2.75) is 13.8 Å². The highest BCUT2D eigenvalue weighted by Crippen LogP contribution is 1.95. The minimum absolute atomic E-state index is 0.260. The van der Waals surface area contributed by atoms with Crippen LogP contribution in [0, 0.1) is 16.7 Å². The number of esters is 1. The second-order valence-corrected chi connectivity index (χ2v) is 2.12. The number of carbonyl (C=O) groups excluding carboxylic acids is 1. The maximum Gasteiger partial charge on any atom is 0.309 e. The summed E-state index contributed by atoms with van der Waals surface area (Å²) in [6, 6.07) is 0. The lowest BCUT2D eigenvalue weighted by Gasteiger charge is -2.06. The molecule has 6 heteroatoms. The third-order valence-corrected chi connectivity index (χ3v) is 0.843. The number of carbonyl (C=O) groups is 1. The maximum absolute atomic E-state index is 10.6. The Labute approximate surface area is 63.7 Å². The van der Waals surface area contributed by atoms with Crippen LogP contribution in [-0.4, -0.2) is 17.8 Å². The third kappa shape index (κ3) is 5.13. The van der Waals surface area contributed by atoms with E-state index in [0.29, 0.717) is 0 Å². The van der Waals surface area contributed by atoms with Crippen LogP contribution in [-0.2, 0) is 14.4 Å². The van der Waals surface area contributed by atoms with Crippen LogP contribution in [0.15, 0.2) is 0 Å². The topological polar surface area (TPSA) is 85.5 Å². The lowest BCUT2D eigenvalue weighted by atomic mass is 10.2. The second-order valence-electron chi connectivity index (χ2n) is 2.12. The van der Waals surface area contributed by atoms with Crippen molar-refractivity contribution in [3.05, 3.63) is 5.21 Å². The molecule has 0 radical (unpaired) electrons. The van der Waals surface area contributed by atoms with Gasteiger partial charge in [-0.15, -0.1) is 0 Å². The lowest BCUT2D eigenvalue weighted by Crippen LogP contribution is -2.15. The van der Waals surface area contributed by atoms with E-state index in [4.69, 9.17) is 5.53 Å². The van der Waals surface area contributed by atoms with Gasteiger partial charge in [0.25, 0.3) is 0 Å². The van der Waals surface area contributed by atoms with Gasteiger partial charge in [-0.25, -0.2) is 5.21 Å². The molecule has 0 aromatic heterocycles. The summed E-state index contributed by atoms with van der Waals surface area (Å²) >= 11 is 0. The van der Waals surface area contributed by atoms with Gasteiger partial charge in [-0.1, -0.05) is 13.8 Å². The van der Waals surface area contributed by atoms with Crippen molar-refractivity contribution in [2.24, 2.45) is 5.92 Å². The number of hydrogen-bond acceptors (Lipinski definition) is 5. The van der Waals surface area contributed by atoms with Crippen LogP contribution in [0.3, 0.4) is 0 Å². The first-order valence-electron chi connectivity index (χ1n) is 3.02. The van der Waals surface area contributed by atoms with E-state index in [0.717, 1.165) is 0 Å². The standard InChI is InChI=1S/C5H10N2O4/c1-4(2)5(8)10-3-11-7(6)9/h4,6H,3H2,1-2H3. The molecule has 64 valence electrons. The van der Waals surface area contributed by atoms with Gasteiger partial charge in [-0.3, -0.25) is 4.79 Å². The summed E-state index contributed by atoms with van der Waals surface area (Å²) in [7, 11) is 0. The molecule has 0 aromatic rings. The van der Waals surface area contributed by atoms with Crippen LogP contribution in [0.1, 0.15) is 13.8 Å². The summed E-state index contributed by atoms with van der Waals surface area (Å²) in [6.07, 6.45) is 0. The molecular formula is C5H10N2O4. The van der Waals surface area contributed by atoms with Crippen LogP contribution < -0.4 is 0 Å².